The summed E-state index contributed by atoms with van der Waals surface area (Å²) in [6.07, 6.45) is 1.92. The number of nitrogens with zero attached hydrogens (tertiary/aromatic N) is 3. The quantitative estimate of drug-likeness (QED) is 0.622. The molecule has 0 radical (unpaired) electrons. The molecule has 122 valence electrons. The van der Waals surface area contributed by atoms with E-state index in [-0.39, 0.29) is 30.1 Å². The number of carbonyl (C=O) groups is 1. The van der Waals surface area contributed by atoms with Gasteiger partial charge in [0, 0.05) is 0 Å². The van der Waals surface area contributed by atoms with Gasteiger partial charge in [0.05, 0.1) is 18.1 Å². The normalized spacial score (nSPS) is 11.7. The highest BCUT2D eigenvalue weighted by Crippen LogP contribution is 2.24. The molecule has 1 unspecified atom stereocenters. The van der Waals surface area contributed by atoms with Gasteiger partial charge >= 0.3 is 11.6 Å². The predicted molar refractivity (Wildman–Crippen MR) is 83.1 cm³/mol. The Hall–Kier alpha value is -2.90. The molecular formula is C15H18N4O4. The molecule has 23 heavy (non-hydrogen) atoms. The number of hydrogen-bond acceptors (Lipinski definition) is 5. The van der Waals surface area contributed by atoms with Crippen molar-refractivity contribution in [2.24, 2.45) is 0 Å². The molecule has 1 atom stereocenters. The Kier molecular flexibility index (Phi) is 5.29. The Labute approximate surface area is 133 Å². The largest absolute Gasteiger partial charge is 0.475 e. The number of ether oxygens (including phenoxy) is 1. The highest BCUT2D eigenvalue weighted by atomic mass is 16.6. The van der Waals surface area contributed by atoms with Gasteiger partial charge in [-0.2, -0.15) is 0 Å². The number of amides is 1. The molecule has 1 aromatic carbocycles. The Morgan fingerprint density at radius 3 is 2.65 bits per heavy atom. The summed E-state index contributed by atoms with van der Waals surface area (Å²) in [7, 11) is 1.29. The fraction of sp³-hybridized carbons (Fsp3) is 0.333. The van der Waals surface area contributed by atoms with Crippen molar-refractivity contribution in [1.82, 2.24) is 15.1 Å². The third-order valence-corrected chi connectivity index (χ3v) is 3.35. The van der Waals surface area contributed by atoms with Crippen molar-refractivity contribution in [3.05, 3.63) is 52.2 Å². The second-order valence-corrected chi connectivity index (χ2v) is 4.92. The molecular weight excluding hydrogens is 300 g/mol. The first-order valence-corrected chi connectivity index (χ1v) is 7.15. The number of nitrogens with one attached hydrogen (secondary N) is 1. The van der Waals surface area contributed by atoms with E-state index in [1.807, 2.05) is 37.3 Å². The molecule has 0 aliphatic carbocycles. The second kappa shape index (κ2) is 7.39. The summed E-state index contributed by atoms with van der Waals surface area (Å²) in [4.78, 5) is 22.4. The van der Waals surface area contributed by atoms with Crippen LogP contribution in [0.15, 0.2) is 36.5 Å². The SMILES string of the molecule is CCC(NC(=O)Cn1cc([N+](=O)[O-])c(OC)n1)c1ccccc1. The van der Waals surface area contributed by atoms with E-state index in [2.05, 4.69) is 10.4 Å². The molecule has 0 bridgehead atoms. The third kappa shape index (κ3) is 4.06. The van der Waals surface area contributed by atoms with Crippen molar-refractivity contribution < 1.29 is 14.5 Å². The molecule has 0 aliphatic rings. The topological polar surface area (TPSA) is 99.3 Å². The minimum absolute atomic E-state index is 0.113. The summed E-state index contributed by atoms with van der Waals surface area (Å²) in [5.41, 5.74) is 0.739. The summed E-state index contributed by atoms with van der Waals surface area (Å²) < 4.78 is 6.03. The zero-order chi connectivity index (χ0) is 16.8. The van der Waals surface area contributed by atoms with E-state index in [4.69, 9.17) is 4.74 Å². The second-order valence-electron chi connectivity index (χ2n) is 4.92. The van der Waals surface area contributed by atoms with E-state index in [1.165, 1.54) is 18.0 Å². The Bertz CT molecular complexity index is 684. The molecule has 8 heteroatoms. The molecule has 1 aromatic heterocycles. The maximum Gasteiger partial charge on any atom is 0.350 e. The van der Waals surface area contributed by atoms with E-state index in [1.54, 1.807) is 0 Å². The lowest BCUT2D eigenvalue weighted by Gasteiger charge is -2.17. The van der Waals surface area contributed by atoms with Crippen LogP contribution in [-0.2, 0) is 11.3 Å². The minimum atomic E-state index is -0.598. The van der Waals surface area contributed by atoms with Gasteiger partial charge in [-0.15, -0.1) is 5.10 Å². The van der Waals surface area contributed by atoms with Gasteiger partial charge in [0.25, 0.3) is 0 Å². The molecule has 2 rings (SSSR count). The van der Waals surface area contributed by atoms with E-state index < -0.39 is 4.92 Å². The number of hydrogen-bond donors (Lipinski definition) is 1. The standard InChI is InChI=1S/C15H18N4O4/c1-3-12(11-7-5-4-6-8-11)16-14(20)10-18-9-13(19(21)22)15(17-18)23-2/h4-9,12H,3,10H2,1-2H3,(H,16,20). The van der Waals surface area contributed by atoms with Crippen LogP contribution in [0.2, 0.25) is 0 Å². The van der Waals surface area contributed by atoms with Crippen LogP contribution < -0.4 is 10.1 Å². The fourth-order valence-electron chi connectivity index (χ4n) is 2.24. The van der Waals surface area contributed by atoms with Gasteiger partial charge in [-0.05, 0) is 12.0 Å². The summed E-state index contributed by atoms with van der Waals surface area (Å²) in [5.74, 6) is -0.390. The zero-order valence-electron chi connectivity index (χ0n) is 12.9. The van der Waals surface area contributed by atoms with Gasteiger partial charge in [-0.3, -0.25) is 19.6 Å². The van der Waals surface area contributed by atoms with Gasteiger partial charge in [-0.1, -0.05) is 37.3 Å². The van der Waals surface area contributed by atoms with Crippen molar-refractivity contribution in [2.45, 2.75) is 25.9 Å². The highest BCUT2D eigenvalue weighted by Gasteiger charge is 2.21. The van der Waals surface area contributed by atoms with Gasteiger partial charge in [0.1, 0.15) is 12.7 Å². The first kappa shape index (κ1) is 16.5. The average molecular weight is 318 g/mol. The van der Waals surface area contributed by atoms with Crippen molar-refractivity contribution in [1.29, 1.82) is 0 Å². The van der Waals surface area contributed by atoms with E-state index in [0.717, 1.165) is 12.0 Å². The molecule has 0 spiro atoms. The molecule has 0 saturated carbocycles. The van der Waals surface area contributed by atoms with Crippen LogP contribution >= 0.6 is 0 Å². The van der Waals surface area contributed by atoms with Crippen molar-refractivity contribution in [3.63, 3.8) is 0 Å². The van der Waals surface area contributed by atoms with Gasteiger partial charge in [-0.25, -0.2) is 0 Å². The minimum Gasteiger partial charge on any atom is -0.475 e. The molecule has 2 aromatic rings. The number of nitro groups is 1. The van der Waals surface area contributed by atoms with Crippen molar-refractivity contribution >= 4 is 11.6 Å². The van der Waals surface area contributed by atoms with Crippen LogP contribution in [0.4, 0.5) is 5.69 Å². The van der Waals surface area contributed by atoms with Crippen LogP contribution in [0.1, 0.15) is 24.9 Å². The maximum absolute atomic E-state index is 12.2. The number of methoxy groups -OCH3 is 1. The van der Waals surface area contributed by atoms with Crippen molar-refractivity contribution in [2.75, 3.05) is 7.11 Å². The van der Waals surface area contributed by atoms with E-state index >= 15 is 0 Å². The number of aromatic nitrogens is 2. The third-order valence-electron chi connectivity index (χ3n) is 3.35. The van der Waals surface area contributed by atoms with Crippen LogP contribution in [0.3, 0.4) is 0 Å². The van der Waals surface area contributed by atoms with Crippen LogP contribution in [0.5, 0.6) is 5.88 Å². The Balaban J connectivity index is 2.05. The smallest absolute Gasteiger partial charge is 0.350 e. The molecule has 0 saturated heterocycles. The lowest BCUT2D eigenvalue weighted by Crippen LogP contribution is -2.31. The van der Waals surface area contributed by atoms with Crippen molar-refractivity contribution in [3.8, 4) is 5.88 Å². The monoisotopic (exact) mass is 318 g/mol. The molecule has 0 aliphatic heterocycles. The Morgan fingerprint density at radius 2 is 2.13 bits per heavy atom. The van der Waals surface area contributed by atoms with E-state index in [9.17, 15) is 14.9 Å². The van der Waals surface area contributed by atoms with Crippen LogP contribution in [0.25, 0.3) is 0 Å². The summed E-state index contributed by atoms with van der Waals surface area (Å²) >= 11 is 0. The summed E-state index contributed by atoms with van der Waals surface area (Å²) in [6.45, 7) is 1.85. The van der Waals surface area contributed by atoms with Gasteiger partial charge in [0.2, 0.25) is 5.91 Å². The molecule has 1 heterocycles. The average Bonchev–Trinajstić information content (AvgIpc) is 2.96. The van der Waals surface area contributed by atoms with Crippen LogP contribution in [-0.4, -0.2) is 27.7 Å². The Morgan fingerprint density at radius 1 is 1.43 bits per heavy atom. The lowest BCUT2D eigenvalue weighted by atomic mass is 10.0. The highest BCUT2D eigenvalue weighted by molar-refractivity contribution is 5.76. The fourth-order valence-corrected chi connectivity index (χ4v) is 2.24. The first-order valence-electron chi connectivity index (χ1n) is 7.15. The van der Waals surface area contributed by atoms with Crippen LogP contribution in [0, 0.1) is 10.1 Å². The molecule has 1 amide bonds. The predicted octanol–water partition coefficient (Wildman–Crippen LogP) is 2.07. The van der Waals surface area contributed by atoms with Gasteiger partial charge < -0.3 is 10.1 Å². The number of benzene rings is 1. The number of rotatable bonds is 7. The summed E-state index contributed by atoms with van der Waals surface area (Å²) in [5, 5.41) is 17.6. The summed E-state index contributed by atoms with van der Waals surface area (Å²) in [6, 6.07) is 9.49. The molecule has 8 nitrogen and oxygen atoms in total. The molecule has 1 N–H and O–H groups in total. The number of carbonyl (C=O) groups excluding carboxylic acids is 1. The van der Waals surface area contributed by atoms with E-state index in [0.29, 0.717) is 0 Å². The lowest BCUT2D eigenvalue weighted by molar-refractivity contribution is -0.385. The maximum atomic E-state index is 12.2. The first-order chi connectivity index (χ1) is 11.0. The van der Waals surface area contributed by atoms with Gasteiger partial charge in [0.15, 0.2) is 0 Å². The molecule has 0 fully saturated rings. The zero-order valence-corrected chi connectivity index (χ0v) is 12.9.